The Bertz CT molecular complexity index is 714. The van der Waals surface area contributed by atoms with Crippen LogP contribution < -0.4 is 0 Å². The van der Waals surface area contributed by atoms with Crippen molar-refractivity contribution >= 4 is 11.6 Å². The first kappa shape index (κ1) is 21.7. The maximum absolute atomic E-state index is 13.8. The van der Waals surface area contributed by atoms with Gasteiger partial charge in [-0.05, 0) is 72.1 Å². The molecule has 0 N–H and O–H groups in total. The Hall–Kier alpha value is -1.64. The van der Waals surface area contributed by atoms with Crippen LogP contribution >= 0.6 is 0 Å². The maximum Gasteiger partial charge on any atom is 0.176 e. The van der Waals surface area contributed by atoms with Crippen molar-refractivity contribution in [1.29, 1.82) is 0 Å². The van der Waals surface area contributed by atoms with Gasteiger partial charge in [-0.25, -0.2) is 0 Å². The Balaban J connectivity index is 2.54. The van der Waals surface area contributed by atoms with Crippen LogP contribution in [0.2, 0.25) is 0 Å². The first-order chi connectivity index (χ1) is 12.5. The normalized spacial score (nSPS) is 27.9. The number of hydrogen-bond acceptors (Lipinski definition) is 3. The number of carbonyl (C=O) groups excluding carboxylic acids is 2. The first-order valence-electron chi connectivity index (χ1n) is 10.2. The lowest BCUT2D eigenvalue weighted by Crippen LogP contribution is -2.57. The van der Waals surface area contributed by atoms with Gasteiger partial charge in [0.25, 0.3) is 0 Å². The largest absolute Gasteiger partial charge is 0.500 e. The van der Waals surface area contributed by atoms with Crippen molar-refractivity contribution in [1.82, 2.24) is 0 Å². The Kier molecular flexibility index (Phi) is 6.23. The minimum atomic E-state index is -0.946. The van der Waals surface area contributed by atoms with E-state index < -0.39 is 10.8 Å². The van der Waals surface area contributed by atoms with Gasteiger partial charge in [-0.1, -0.05) is 37.1 Å². The molecule has 2 unspecified atom stereocenters. The molecule has 3 heteroatoms. The number of rotatable bonds is 5. The zero-order chi connectivity index (χ0) is 20.6. The van der Waals surface area contributed by atoms with Gasteiger partial charge >= 0.3 is 0 Å². The topological polar surface area (TPSA) is 43.4 Å². The van der Waals surface area contributed by atoms with Crippen LogP contribution in [0.4, 0.5) is 0 Å². The number of ether oxygens (including phenoxy) is 1. The molecule has 2 atom stereocenters. The van der Waals surface area contributed by atoms with E-state index in [-0.39, 0.29) is 23.4 Å². The summed E-state index contributed by atoms with van der Waals surface area (Å²) in [5.41, 5.74) is 1.45. The second-order valence-corrected chi connectivity index (χ2v) is 9.36. The monoisotopic (exact) mass is 372 g/mol. The minimum Gasteiger partial charge on any atom is -0.500 e. The first-order valence-corrected chi connectivity index (χ1v) is 10.2. The molecule has 27 heavy (non-hydrogen) atoms. The van der Waals surface area contributed by atoms with Crippen molar-refractivity contribution < 1.29 is 14.3 Å². The zero-order valence-electron chi connectivity index (χ0n) is 18.4. The number of hydrogen-bond donors (Lipinski definition) is 0. The summed E-state index contributed by atoms with van der Waals surface area (Å²) in [7, 11) is 1.56. The summed E-state index contributed by atoms with van der Waals surface area (Å²) in [6.45, 7) is 14.1. The number of methoxy groups -OCH3 is 1. The fourth-order valence-electron chi connectivity index (χ4n) is 5.21. The van der Waals surface area contributed by atoms with Gasteiger partial charge < -0.3 is 4.74 Å². The second kappa shape index (κ2) is 7.77. The predicted octanol–water partition coefficient (Wildman–Crippen LogP) is 5.81. The summed E-state index contributed by atoms with van der Waals surface area (Å²) in [5.74, 6) is 0.856. The van der Waals surface area contributed by atoms with Crippen LogP contribution in [0, 0.1) is 22.7 Å². The van der Waals surface area contributed by atoms with E-state index in [2.05, 4.69) is 39.8 Å². The van der Waals surface area contributed by atoms with Crippen LogP contribution in [0.1, 0.15) is 74.1 Å². The summed E-state index contributed by atoms with van der Waals surface area (Å²) < 4.78 is 5.52. The summed E-state index contributed by atoms with van der Waals surface area (Å²) in [6, 6.07) is 0. The average Bonchev–Trinajstić information content (AvgIpc) is 2.58. The highest BCUT2D eigenvalue weighted by atomic mass is 16.5. The van der Waals surface area contributed by atoms with Gasteiger partial charge in [-0.3, -0.25) is 9.59 Å². The quantitative estimate of drug-likeness (QED) is 0.452. The molecule has 0 saturated heterocycles. The van der Waals surface area contributed by atoms with Gasteiger partial charge in [0, 0.05) is 5.57 Å². The van der Waals surface area contributed by atoms with Crippen molar-refractivity contribution in [2.24, 2.45) is 22.7 Å². The molecule has 0 radical (unpaired) electrons. The van der Waals surface area contributed by atoms with Crippen molar-refractivity contribution in [3.05, 3.63) is 34.6 Å². The van der Waals surface area contributed by atoms with Crippen molar-refractivity contribution in [2.75, 3.05) is 7.11 Å². The Morgan fingerprint density at radius 3 is 2.44 bits per heavy atom. The van der Waals surface area contributed by atoms with Gasteiger partial charge in [0.15, 0.2) is 11.6 Å². The van der Waals surface area contributed by atoms with E-state index in [4.69, 9.17) is 4.74 Å². The van der Waals surface area contributed by atoms with Crippen LogP contribution in [0.25, 0.3) is 0 Å². The Morgan fingerprint density at radius 2 is 1.93 bits per heavy atom. The average molecular weight is 373 g/mol. The molecule has 150 valence electrons. The lowest BCUT2D eigenvalue weighted by molar-refractivity contribution is -0.153. The molecule has 3 nitrogen and oxygen atoms in total. The molecule has 2 aliphatic rings. The van der Waals surface area contributed by atoms with Gasteiger partial charge in [0.2, 0.25) is 0 Å². The second-order valence-electron chi connectivity index (χ2n) is 9.36. The number of carbonyl (C=O) groups is 2. The summed E-state index contributed by atoms with van der Waals surface area (Å²) in [5, 5.41) is 0. The van der Waals surface area contributed by atoms with E-state index in [0.29, 0.717) is 17.8 Å². The van der Waals surface area contributed by atoms with E-state index in [9.17, 15) is 9.59 Å². The van der Waals surface area contributed by atoms with E-state index >= 15 is 0 Å². The third-order valence-electron chi connectivity index (χ3n) is 6.45. The molecule has 0 aromatic heterocycles. The molecule has 2 rings (SSSR count). The highest BCUT2D eigenvalue weighted by Gasteiger charge is 2.61. The molecule has 0 saturated carbocycles. The molecule has 0 aromatic carbocycles. The van der Waals surface area contributed by atoms with Crippen LogP contribution in [0.5, 0.6) is 0 Å². The fraction of sp³-hybridized carbons (Fsp3) is 0.667. The third-order valence-corrected chi connectivity index (χ3v) is 6.45. The molecule has 0 aliphatic heterocycles. The van der Waals surface area contributed by atoms with E-state index in [0.717, 1.165) is 19.3 Å². The fourth-order valence-corrected chi connectivity index (χ4v) is 5.21. The molecule has 0 fully saturated rings. The van der Waals surface area contributed by atoms with Crippen LogP contribution in [0.3, 0.4) is 0 Å². The lowest BCUT2D eigenvalue weighted by Gasteiger charge is -2.50. The molecule has 2 aliphatic carbocycles. The standard InChI is InChI=1S/C24H36O3/c1-15(2)10-9-11-18-12-13-19(16(3)4)24(14-18)20(25)17(5)21(27-8)23(6,7)22(24)26/h10,12,16,19H,9,11,13-14H2,1-8H3. The smallest absolute Gasteiger partial charge is 0.176 e. The SMILES string of the molecule is COC1=C(C)C(=O)C2(CC(CCC=C(C)C)=CCC2C(C)C)C(=O)C1(C)C. The summed E-state index contributed by atoms with van der Waals surface area (Å²) in [6.07, 6.45) is 7.74. The molecular weight excluding hydrogens is 336 g/mol. The molecule has 0 bridgehead atoms. The van der Waals surface area contributed by atoms with Gasteiger partial charge in [0.1, 0.15) is 5.76 Å². The molecule has 0 amide bonds. The summed E-state index contributed by atoms with van der Waals surface area (Å²) in [4.78, 5) is 27.4. The number of ketones is 2. The summed E-state index contributed by atoms with van der Waals surface area (Å²) >= 11 is 0. The maximum atomic E-state index is 13.8. The predicted molar refractivity (Wildman–Crippen MR) is 110 cm³/mol. The van der Waals surface area contributed by atoms with Crippen molar-refractivity contribution in [2.45, 2.75) is 74.1 Å². The molecule has 0 heterocycles. The molecule has 1 spiro atoms. The number of Topliss-reactive ketones (excluding diaryl/α,β-unsaturated/α-hetero) is 2. The number of allylic oxidation sites excluding steroid dienone is 6. The highest BCUT2D eigenvalue weighted by Crippen LogP contribution is 2.55. The third kappa shape index (κ3) is 3.58. The van der Waals surface area contributed by atoms with E-state index in [1.54, 1.807) is 7.11 Å². The Labute approximate surface area is 164 Å². The minimum absolute atomic E-state index is 0.0183. The lowest BCUT2D eigenvalue weighted by atomic mass is 9.51. The van der Waals surface area contributed by atoms with Crippen molar-refractivity contribution in [3.8, 4) is 0 Å². The van der Waals surface area contributed by atoms with Gasteiger partial charge in [-0.15, -0.1) is 0 Å². The van der Waals surface area contributed by atoms with Gasteiger partial charge in [0.05, 0.1) is 17.9 Å². The van der Waals surface area contributed by atoms with Gasteiger partial charge in [-0.2, -0.15) is 0 Å². The van der Waals surface area contributed by atoms with Crippen LogP contribution in [-0.4, -0.2) is 18.7 Å². The Morgan fingerprint density at radius 1 is 1.30 bits per heavy atom. The highest BCUT2D eigenvalue weighted by molar-refractivity contribution is 6.20. The van der Waals surface area contributed by atoms with E-state index in [1.165, 1.54) is 11.1 Å². The zero-order valence-corrected chi connectivity index (χ0v) is 18.4. The molecule has 0 aromatic rings. The molecular formula is C24H36O3. The van der Waals surface area contributed by atoms with E-state index in [1.807, 2.05) is 20.8 Å². The van der Waals surface area contributed by atoms with Crippen LogP contribution in [0.15, 0.2) is 34.6 Å². The van der Waals surface area contributed by atoms with Crippen molar-refractivity contribution in [3.63, 3.8) is 0 Å². The van der Waals surface area contributed by atoms with Crippen LogP contribution in [-0.2, 0) is 14.3 Å².